The maximum absolute atomic E-state index is 14.9. The molecule has 1 saturated carbocycles. The molecule has 0 radical (unpaired) electrons. The van der Waals surface area contributed by atoms with Crippen molar-refractivity contribution in [3.05, 3.63) is 58.0 Å². The summed E-state index contributed by atoms with van der Waals surface area (Å²) in [6, 6.07) is 5.64. The summed E-state index contributed by atoms with van der Waals surface area (Å²) in [6.45, 7) is 2.58. The Bertz CT molecular complexity index is 968. The topological polar surface area (TPSA) is 71.0 Å². The first-order valence-electron chi connectivity index (χ1n) is 10.1. The van der Waals surface area contributed by atoms with Crippen LogP contribution in [0.15, 0.2) is 51.6 Å². The van der Waals surface area contributed by atoms with E-state index in [2.05, 4.69) is 10.3 Å². The van der Waals surface area contributed by atoms with Crippen molar-refractivity contribution in [1.82, 2.24) is 10.2 Å². The highest BCUT2D eigenvalue weighted by Gasteiger charge is 2.42. The molecule has 6 nitrogen and oxygen atoms in total. The van der Waals surface area contributed by atoms with Crippen LogP contribution in [0.1, 0.15) is 44.2 Å². The fraction of sp³-hybridized carbons (Fsp3) is 0.409. The normalized spacial score (nSPS) is 20.5. The number of halogens is 1. The standard InChI is InChI=1S/C22H24FN3O3S/c1-3-17-19(21(28)29-2)20(15-6-4-5-7-16(15)23)26-14(12-30-22(26)25-17)10-18(27)24-11-13-8-9-13/h4-7,12-13,20H,3,8-11H2,1-2H3,(H,24,27). The summed E-state index contributed by atoms with van der Waals surface area (Å²) in [5, 5.41) is 5.46. The molecule has 8 heteroatoms. The lowest BCUT2D eigenvalue weighted by Crippen LogP contribution is -2.38. The Hall–Kier alpha value is -2.61. The van der Waals surface area contributed by atoms with Crippen molar-refractivity contribution in [3.63, 3.8) is 0 Å². The summed E-state index contributed by atoms with van der Waals surface area (Å²) < 4.78 is 19.9. The van der Waals surface area contributed by atoms with Crippen molar-refractivity contribution in [3.8, 4) is 0 Å². The number of nitrogens with one attached hydrogen (secondary N) is 1. The van der Waals surface area contributed by atoms with E-state index in [0.29, 0.717) is 46.6 Å². The molecule has 2 aliphatic heterocycles. The SMILES string of the molecule is CCC1=C(C(=O)OC)C(c2ccccc2F)N2C(CC(=O)NCC3CC3)=CSC2=N1. The average molecular weight is 430 g/mol. The van der Waals surface area contributed by atoms with E-state index >= 15 is 0 Å². The van der Waals surface area contributed by atoms with Crippen LogP contribution in [0.5, 0.6) is 0 Å². The number of hydrogen-bond acceptors (Lipinski definition) is 6. The number of hydrogen-bond donors (Lipinski definition) is 1. The quantitative estimate of drug-likeness (QED) is 0.666. The maximum atomic E-state index is 14.9. The fourth-order valence-corrected chi connectivity index (χ4v) is 4.65. The van der Waals surface area contributed by atoms with Crippen LogP contribution in [-0.4, -0.2) is 35.6 Å². The van der Waals surface area contributed by atoms with Crippen LogP contribution in [0.4, 0.5) is 4.39 Å². The molecule has 30 heavy (non-hydrogen) atoms. The van der Waals surface area contributed by atoms with Gasteiger partial charge in [0.05, 0.1) is 30.8 Å². The Morgan fingerprint density at radius 1 is 1.33 bits per heavy atom. The summed E-state index contributed by atoms with van der Waals surface area (Å²) in [7, 11) is 1.31. The minimum Gasteiger partial charge on any atom is -0.466 e. The molecule has 1 fully saturated rings. The van der Waals surface area contributed by atoms with Crippen LogP contribution in [0.25, 0.3) is 0 Å². The molecule has 3 aliphatic rings. The number of amides is 1. The number of fused-ring (bicyclic) bond motifs is 1. The molecule has 4 rings (SSSR count). The van der Waals surface area contributed by atoms with Crippen LogP contribution in [0.2, 0.25) is 0 Å². The summed E-state index contributed by atoms with van der Waals surface area (Å²) in [6.07, 6.45) is 2.96. The predicted molar refractivity (Wildman–Crippen MR) is 114 cm³/mol. The van der Waals surface area contributed by atoms with Gasteiger partial charge in [0.15, 0.2) is 5.17 Å². The third-order valence-electron chi connectivity index (χ3n) is 5.46. The molecule has 158 valence electrons. The smallest absolute Gasteiger partial charge is 0.338 e. The highest BCUT2D eigenvalue weighted by Crippen LogP contribution is 2.45. The zero-order valence-corrected chi connectivity index (χ0v) is 17.8. The van der Waals surface area contributed by atoms with Gasteiger partial charge in [0.1, 0.15) is 5.82 Å². The van der Waals surface area contributed by atoms with Crippen molar-refractivity contribution < 1.29 is 18.7 Å². The molecule has 1 unspecified atom stereocenters. The van der Waals surface area contributed by atoms with Crippen LogP contribution >= 0.6 is 11.8 Å². The maximum Gasteiger partial charge on any atom is 0.338 e. The molecule has 1 N–H and O–H groups in total. The number of rotatable bonds is 7. The fourth-order valence-electron chi connectivity index (χ4n) is 3.71. The molecule has 2 heterocycles. The second-order valence-corrected chi connectivity index (χ2v) is 8.38. The third kappa shape index (κ3) is 4.01. The minimum absolute atomic E-state index is 0.0906. The number of benzene rings is 1. The minimum atomic E-state index is -0.737. The van der Waals surface area contributed by atoms with Gasteiger partial charge in [-0.1, -0.05) is 36.9 Å². The van der Waals surface area contributed by atoms with Gasteiger partial charge in [-0.15, -0.1) is 0 Å². The summed E-state index contributed by atoms with van der Waals surface area (Å²) in [4.78, 5) is 31.7. The number of thioether (sulfide) groups is 1. The first kappa shape index (κ1) is 20.7. The molecule has 0 aromatic heterocycles. The van der Waals surface area contributed by atoms with Gasteiger partial charge in [-0.05, 0) is 36.7 Å². The zero-order valence-electron chi connectivity index (χ0n) is 17.0. The Labute approximate surface area is 179 Å². The number of carbonyl (C=O) groups is 2. The van der Waals surface area contributed by atoms with E-state index < -0.39 is 17.8 Å². The largest absolute Gasteiger partial charge is 0.466 e. The molecular formula is C22H24FN3O3S. The highest BCUT2D eigenvalue weighted by atomic mass is 32.2. The Morgan fingerprint density at radius 3 is 2.77 bits per heavy atom. The number of aliphatic imine (C=N–C) groups is 1. The van der Waals surface area contributed by atoms with Gasteiger partial charge in [0.2, 0.25) is 5.91 Å². The second kappa shape index (κ2) is 8.63. The van der Waals surface area contributed by atoms with E-state index in [1.165, 1.54) is 24.9 Å². The van der Waals surface area contributed by atoms with Gasteiger partial charge >= 0.3 is 5.97 Å². The van der Waals surface area contributed by atoms with Crippen molar-refractivity contribution in [2.75, 3.05) is 13.7 Å². The number of ether oxygens (including phenoxy) is 1. The number of allylic oxidation sites excluding steroid dienone is 1. The molecule has 0 saturated heterocycles. The Kier molecular flexibility index (Phi) is 5.94. The second-order valence-electron chi connectivity index (χ2n) is 7.55. The van der Waals surface area contributed by atoms with Crippen LogP contribution in [0.3, 0.4) is 0 Å². The van der Waals surface area contributed by atoms with Crippen molar-refractivity contribution in [1.29, 1.82) is 0 Å². The third-order valence-corrected chi connectivity index (χ3v) is 6.34. The molecule has 0 spiro atoms. The first-order chi connectivity index (χ1) is 14.5. The van der Waals surface area contributed by atoms with Gasteiger partial charge in [-0.3, -0.25) is 4.79 Å². The van der Waals surface area contributed by atoms with Gasteiger partial charge in [0.25, 0.3) is 0 Å². The van der Waals surface area contributed by atoms with E-state index in [9.17, 15) is 14.0 Å². The Morgan fingerprint density at radius 2 is 2.10 bits per heavy atom. The van der Waals surface area contributed by atoms with Gasteiger partial charge in [-0.25, -0.2) is 14.2 Å². The lowest BCUT2D eigenvalue weighted by molar-refractivity contribution is -0.136. The van der Waals surface area contributed by atoms with Gasteiger partial charge < -0.3 is 15.0 Å². The summed E-state index contributed by atoms with van der Waals surface area (Å²) in [5.74, 6) is -0.473. The first-order valence-corrected chi connectivity index (χ1v) is 11.0. The number of nitrogens with zero attached hydrogens (tertiary/aromatic N) is 2. The van der Waals surface area contributed by atoms with Crippen molar-refractivity contribution in [2.24, 2.45) is 10.9 Å². The summed E-state index contributed by atoms with van der Waals surface area (Å²) in [5.41, 5.74) is 1.92. The number of methoxy groups -OCH3 is 1. The molecule has 1 amide bonds. The molecule has 1 aromatic rings. The lowest BCUT2D eigenvalue weighted by Gasteiger charge is -2.36. The monoisotopic (exact) mass is 429 g/mol. The van der Waals surface area contributed by atoms with Gasteiger partial charge in [0, 0.05) is 17.8 Å². The number of esters is 1. The molecule has 1 atom stereocenters. The highest BCUT2D eigenvalue weighted by molar-refractivity contribution is 8.16. The molecule has 1 aliphatic carbocycles. The number of carbonyl (C=O) groups excluding carboxylic acids is 2. The van der Waals surface area contributed by atoms with E-state index in [1.807, 2.05) is 12.3 Å². The van der Waals surface area contributed by atoms with E-state index in [0.717, 1.165) is 12.8 Å². The van der Waals surface area contributed by atoms with E-state index in [1.54, 1.807) is 23.1 Å². The van der Waals surface area contributed by atoms with Gasteiger partial charge in [-0.2, -0.15) is 0 Å². The van der Waals surface area contributed by atoms with Crippen molar-refractivity contribution in [2.45, 2.75) is 38.6 Å². The van der Waals surface area contributed by atoms with Crippen LogP contribution in [0, 0.1) is 11.7 Å². The molecular weight excluding hydrogens is 405 g/mol. The van der Waals surface area contributed by atoms with E-state index in [4.69, 9.17) is 4.74 Å². The zero-order chi connectivity index (χ0) is 21.3. The molecule has 1 aromatic carbocycles. The lowest BCUT2D eigenvalue weighted by atomic mass is 9.92. The Balaban J connectivity index is 1.70. The van der Waals surface area contributed by atoms with Crippen LogP contribution in [-0.2, 0) is 14.3 Å². The number of amidine groups is 1. The van der Waals surface area contributed by atoms with Crippen molar-refractivity contribution >= 4 is 28.8 Å². The molecule has 0 bridgehead atoms. The van der Waals surface area contributed by atoms with E-state index in [-0.39, 0.29) is 12.3 Å². The predicted octanol–water partition coefficient (Wildman–Crippen LogP) is 3.88. The average Bonchev–Trinajstić information content (AvgIpc) is 3.51. The summed E-state index contributed by atoms with van der Waals surface area (Å²) >= 11 is 1.38. The van der Waals surface area contributed by atoms with Crippen LogP contribution < -0.4 is 5.32 Å².